The van der Waals surface area contributed by atoms with Crippen LogP contribution in [0.4, 0.5) is 20.6 Å². The second-order valence-corrected chi connectivity index (χ2v) is 8.53. The number of ether oxygens (including phenoxy) is 1. The normalized spacial score (nSPS) is 11.1. The Morgan fingerprint density at radius 2 is 1.87 bits per heavy atom. The molecule has 0 radical (unpaired) electrons. The molecule has 3 aromatic rings. The Balaban J connectivity index is 1.75. The Labute approximate surface area is 178 Å². The molecule has 8 heteroatoms. The summed E-state index contributed by atoms with van der Waals surface area (Å²) in [5, 5.41) is 7.02. The van der Waals surface area contributed by atoms with Crippen LogP contribution in [0.15, 0.2) is 47.8 Å². The lowest BCUT2D eigenvalue weighted by Gasteiger charge is -2.20. The van der Waals surface area contributed by atoms with E-state index in [1.807, 2.05) is 17.5 Å². The number of anilines is 2. The van der Waals surface area contributed by atoms with Crippen LogP contribution < -0.4 is 10.6 Å². The summed E-state index contributed by atoms with van der Waals surface area (Å²) in [6.45, 7) is 6.94. The van der Waals surface area contributed by atoms with E-state index < -0.39 is 23.4 Å². The van der Waals surface area contributed by atoms with Gasteiger partial charge in [-0.25, -0.2) is 9.18 Å². The van der Waals surface area contributed by atoms with E-state index in [1.165, 1.54) is 12.1 Å². The summed E-state index contributed by atoms with van der Waals surface area (Å²) < 4.78 is 19.4. The zero-order valence-corrected chi connectivity index (χ0v) is 17.9. The smallest absolute Gasteiger partial charge is 0.412 e. The zero-order chi connectivity index (χ0) is 21.9. The lowest BCUT2D eigenvalue weighted by atomic mass is 10.1. The fourth-order valence-corrected chi connectivity index (χ4v) is 3.37. The average Bonchev–Trinajstić information content (AvgIpc) is 3.17. The van der Waals surface area contributed by atoms with Gasteiger partial charge in [0.2, 0.25) is 0 Å². The number of nitrogens with one attached hydrogen (secondary N) is 2. The predicted octanol–water partition coefficient (Wildman–Crippen LogP) is 5.86. The van der Waals surface area contributed by atoms with Crippen LogP contribution in [-0.2, 0) is 4.74 Å². The maximum Gasteiger partial charge on any atom is 0.412 e. The first-order valence-electron chi connectivity index (χ1n) is 9.25. The van der Waals surface area contributed by atoms with Crippen molar-refractivity contribution in [1.82, 2.24) is 4.98 Å². The van der Waals surface area contributed by atoms with Gasteiger partial charge >= 0.3 is 6.09 Å². The maximum absolute atomic E-state index is 14.2. The van der Waals surface area contributed by atoms with Crippen molar-refractivity contribution in [3.8, 4) is 10.6 Å². The Morgan fingerprint density at radius 1 is 1.10 bits per heavy atom. The number of thiophene rings is 1. The van der Waals surface area contributed by atoms with Gasteiger partial charge in [0.15, 0.2) is 0 Å². The standard InChI is InChI=1S/C22H22FN3O3S/c1-13-15(8-10-17(24-13)19-6-5-11-30-19)20(27)26-18-12-14(7-9-16(18)23)25-21(28)29-22(2,3)4/h5-12H,1-4H3,(H,25,28)(H,26,27). The second kappa shape index (κ2) is 8.62. The van der Waals surface area contributed by atoms with Gasteiger partial charge < -0.3 is 10.1 Å². The molecule has 0 aliphatic rings. The molecule has 2 aromatic heterocycles. The highest BCUT2D eigenvalue weighted by Gasteiger charge is 2.18. The second-order valence-electron chi connectivity index (χ2n) is 7.58. The van der Waals surface area contributed by atoms with Crippen LogP contribution in [0.3, 0.4) is 0 Å². The van der Waals surface area contributed by atoms with Gasteiger partial charge in [-0.1, -0.05) is 6.07 Å². The molecule has 0 saturated carbocycles. The average molecular weight is 428 g/mol. The van der Waals surface area contributed by atoms with Crippen molar-refractivity contribution in [2.45, 2.75) is 33.3 Å². The number of hydrogen-bond acceptors (Lipinski definition) is 5. The van der Waals surface area contributed by atoms with Crippen LogP contribution in [0.25, 0.3) is 10.6 Å². The van der Waals surface area contributed by atoms with E-state index >= 15 is 0 Å². The third-order valence-electron chi connectivity index (χ3n) is 3.96. The van der Waals surface area contributed by atoms with Gasteiger partial charge in [-0.3, -0.25) is 15.1 Å². The molecule has 0 saturated heterocycles. The Kier molecular flexibility index (Phi) is 6.17. The Bertz CT molecular complexity index is 1080. The number of pyridine rings is 1. The van der Waals surface area contributed by atoms with Gasteiger partial charge in [0.05, 0.1) is 27.5 Å². The zero-order valence-electron chi connectivity index (χ0n) is 17.1. The van der Waals surface area contributed by atoms with Gasteiger partial charge in [0, 0.05) is 5.69 Å². The van der Waals surface area contributed by atoms with Gasteiger partial charge in [0.25, 0.3) is 5.91 Å². The largest absolute Gasteiger partial charge is 0.444 e. The predicted molar refractivity (Wildman–Crippen MR) is 116 cm³/mol. The molecule has 0 aliphatic heterocycles. The molecule has 0 atom stereocenters. The fraction of sp³-hybridized carbons (Fsp3) is 0.227. The number of nitrogens with zero attached hydrogens (tertiary/aromatic N) is 1. The molecule has 0 fully saturated rings. The molecule has 156 valence electrons. The minimum atomic E-state index is -0.671. The molecule has 2 heterocycles. The number of aryl methyl sites for hydroxylation is 1. The molecule has 2 N–H and O–H groups in total. The number of rotatable bonds is 4. The van der Waals surface area contributed by atoms with E-state index in [9.17, 15) is 14.0 Å². The number of hydrogen-bond donors (Lipinski definition) is 2. The molecule has 0 unspecified atom stereocenters. The number of amides is 2. The van der Waals surface area contributed by atoms with Crippen LogP contribution >= 0.6 is 11.3 Å². The van der Waals surface area contributed by atoms with E-state index in [2.05, 4.69) is 15.6 Å². The van der Waals surface area contributed by atoms with Crippen molar-refractivity contribution < 1.29 is 18.7 Å². The summed E-state index contributed by atoms with van der Waals surface area (Å²) in [5.74, 6) is -1.12. The van der Waals surface area contributed by atoms with Crippen molar-refractivity contribution in [1.29, 1.82) is 0 Å². The van der Waals surface area contributed by atoms with Gasteiger partial charge in [-0.05, 0) is 69.5 Å². The first kappa shape index (κ1) is 21.4. The Morgan fingerprint density at radius 3 is 2.50 bits per heavy atom. The van der Waals surface area contributed by atoms with Gasteiger partial charge in [-0.2, -0.15) is 0 Å². The summed E-state index contributed by atoms with van der Waals surface area (Å²) >= 11 is 1.56. The van der Waals surface area contributed by atoms with Crippen LogP contribution in [0.2, 0.25) is 0 Å². The number of carbonyl (C=O) groups is 2. The topological polar surface area (TPSA) is 80.3 Å². The monoisotopic (exact) mass is 427 g/mol. The van der Waals surface area contributed by atoms with E-state index in [4.69, 9.17) is 4.74 Å². The first-order valence-corrected chi connectivity index (χ1v) is 10.1. The molecule has 0 aliphatic carbocycles. The third-order valence-corrected chi connectivity index (χ3v) is 4.86. The van der Waals surface area contributed by atoms with E-state index in [-0.39, 0.29) is 5.69 Å². The van der Waals surface area contributed by atoms with Crippen LogP contribution in [-0.4, -0.2) is 22.6 Å². The van der Waals surface area contributed by atoms with E-state index in [1.54, 1.807) is 51.2 Å². The lowest BCUT2D eigenvalue weighted by Crippen LogP contribution is -2.27. The highest BCUT2D eigenvalue weighted by atomic mass is 32.1. The molecule has 6 nitrogen and oxygen atoms in total. The Hall–Kier alpha value is -3.26. The van der Waals surface area contributed by atoms with Crippen molar-refractivity contribution in [2.24, 2.45) is 0 Å². The summed E-state index contributed by atoms with van der Waals surface area (Å²) in [5.41, 5.74) is 1.20. The minimum Gasteiger partial charge on any atom is -0.444 e. The summed E-state index contributed by atoms with van der Waals surface area (Å²) in [6.07, 6.45) is -0.671. The molecular weight excluding hydrogens is 405 g/mol. The van der Waals surface area contributed by atoms with Crippen LogP contribution in [0.1, 0.15) is 36.8 Å². The summed E-state index contributed by atoms with van der Waals surface area (Å²) in [4.78, 5) is 30.1. The van der Waals surface area contributed by atoms with Gasteiger partial charge in [-0.15, -0.1) is 11.3 Å². The molecule has 0 bridgehead atoms. The molecule has 3 rings (SSSR count). The first-order chi connectivity index (χ1) is 14.1. The molecule has 2 amide bonds. The molecule has 0 spiro atoms. The summed E-state index contributed by atoms with van der Waals surface area (Å²) in [7, 11) is 0. The van der Waals surface area contributed by atoms with Gasteiger partial charge in [0.1, 0.15) is 11.4 Å². The SMILES string of the molecule is Cc1nc(-c2cccs2)ccc1C(=O)Nc1cc(NC(=O)OC(C)(C)C)ccc1F. The summed E-state index contributed by atoms with van der Waals surface area (Å²) in [6, 6.07) is 11.2. The number of benzene rings is 1. The fourth-order valence-electron chi connectivity index (χ4n) is 2.67. The highest BCUT2D eigenvalue weighted by molar-refractivity contribution is 7.13. The minimum absolute atomic E-state index is 0.0599. The van der Waals surface area contributed by atoms with E-state index in [0.717, 1.165) is 16.6 Å². The van der Waals surface area contributed by atoms with Crippen molar-refractivity contribution >= 4 is 34.7 Å². The third kappa shape index (κ3) is 5.42. The quantitative estimate of drug-likeness (QED) is 0.547. The maximum atomic E-state index is 14.2. The molecule has 1 aromatic carbocycles. The van der Waals surface area contributed by atoms with Crippen molar-refractivity contribution in [3.05, 3.63) is 64.9 Å². The van der Waals surface area contributed by atoms with Crippen LogP contribution in [0, 0.1) is 12.7 Å². The van der Waals surface area contributed by atoms with Crippen molar-refractivity contribution in [2.75, 3.05) is 10.6 Å². The number of halogens is 1. The number of aromatic nitrogens is 1. The lowest BCUT2D eigenvalue weighted by molar-refractivity contribution is 0.0635. The molecule has 30 heavy (non-hydrogen) atoms. The number of carbonyl (C=O) groups excluding carboxylic acids is 2. The van der Waals surface area contributed by atoms with Crippen LogP contribution in [0.5, 0.6) is 0 Å². The molecular formula is C22H22FN3O3S. The van der Waals surface area contributed by atoms with E-state index in [0.29, 0.717) is 16.9 Å². The van der Waals surface area contributed by atoms with Crippen molar-refractivity contribution in [3.63, 3.8) is 0 Å². The highest BCUT2D eigenvalue weighted by Crippen LogP contribution is 2.25.